The van der Waals surface area contributed by atoms with Crippen LogP contribution in [0.1, 0.15) is 35.0 Å². The molecule has 1 fully saturated rings. The fraction of sp³-hybridized carbons (Fsp3) is 0.375. The van der Waals surface area contributed by atoms with Crippen molar-refractivity contribution in [2.45, 2.75) is 32.4 Å². The highest BCUT2D eigenvalue weighted by Gasteiger charge is 2.27. The van der Waals surface area contributed by atoms with Gasteiger partial charge in [-0.3, -0.25) is 19.5 Å². The van der Waals surface area contributed by atoms with Gasteiger partial charge in [0.25, 0.3) is 11.5 Å². The van der Waals surface area contributed by atoms with E-state index in [1.54, 1.807) is 19.3 Å². The van der Waals surface area contributed by atoms with Gasteiger partial charge >= 0.3 is 0 Å². The van der Waals surface area contributed by atoms with E-state index < -0.39 is 0 Å². The zero-order chi connectivity index (χ0) is 23.4. The van der Waals surface area contributed by atoms with Crippen LogP contribution in [0.5, 0.6) is 0 Å². The van der Waals surface area contributed by atoms with E-state index in [-0.39, 0.29) is 17.5 Å². The van der Waals surface area contributed by atoms with Gasteiger partial charge in [0.05, 0.1) is 41.4 Å². The molecule has 1 aliphatic rings. The summed E-state index contributed by atoms with van der Waals surface area (Å²) in [5, 5.41) is 12.0. The first-order valence-electron chi connectivity index (χ1n) is 11.1. The first kappa shape index (κ1) is 22.4. The molecule has 1 amide bonds. The number of rotatable bonds is 6. The Morgan fingerprint density at radius 3 is 2.82 bits per heavy atom. The first-order chi connectivity index (χ1) is 16.0. The third kappa shape index (κ3) is 4.86. The van der Waals surface area contributed by atoms with E-state index in [4.69, 9.17) is 0 Å². The van der Waals surface area contributed by atoms with Crippen molar-refractivity contribution in [1.82, 2.24) is 25.2 Å². The highest BCUT2D eigenvalue weighted by Crippen LogP contribution is 2.23. The maximum atomic E-state index is 12.2. The highest BCUT2D eigenvalue weighted by molar-refractivity contribution is 5.92. The van der Waals surface area contributed by atoms with Crippen LogP contribution >= 0.6 is 0 Å². The lowest BCUT2D eigenvalue weighted by molar-refractivity contribution is 0.0958. The zero-order valence-electron chi connectivity index (χ0n) is 18.8. The number of carbonyl (C=O) groups is 1. The van der Waals surface area contributed by atoms with Crippen LogP contribution in [-0.2, 0) is 13.0 Å². The van der Waals surface area contributed by atoms with Crippen molar-refractivity contribution in [1.29, 1.82) is 5.26 Å². The van der Waals surface area contributed by atoms with Crippen LogP contribution < -0.4 is 15.8 Å². The molecule has 0 spiro atoms. The van der Waals surface area contributed by atoms with Gasteiger partial charge in [0.1, 0.15) is 5.69 Å². The highest BCUT2D eigenvalue weighted by atomic mass is 16.1. The molecule has 4 rings (SSSR count). The molecule has 3 aromatic rings. The van der Waals surface area contributed by atoms with Crippen molar-refractivity contribution in [2.75, 3.05) is 31.6 Å². The summed E-state index contributed by atoms with van der Waals surface area (Å²) in [5.74, 6) is -0.226. The van der Waals surface area contributed by atoms with Gasteiger partial charge in [0.2, 0.25) is 0 Å². The smallest absolute Gasteiger partial charge is 0.269 e. The van der Waals surface area contributed by atoms with Gasteiger partial charge in [0, 0.05) is 45.0 Å². The van der Waals surface area contributed by atoms with E-state index in [0.29, 0.717) is 31.6 Å². The van der Waals surface area contributed by atoms with Crippen molar-refractivity contribution in [2.24, 2.45) is 0 Å². The molecule has 1 saturated heterocycles. The summed E-state index contributed by atoms with van der Waals surface area (Å²) < 4.78 is 0. The van der Waals surface area contributed by atoms with Crippen molar-refractivity contribution < 1.29 is 4.79 Å². The minimum atomic E-state index is -0.226. The molecule has 1 aliphatic heterocycles. The number of hydrogen-bond acceptors (Lipinski definition) is 7. The Morgan fingerprint density at radius 2 is 2.12 bits per heavy atom. The number of hydrogen-bond donors (Lipinski definition) is 2. The molecule has 3 aromatic heterocycles. The molecule has 4 heterocycles. The molecule has 0 saturated carbocycles. The number of piperazine rings is 1. The normalized spacial score (nSPS) is 16.5. The van der Waals surface area contributed by atoms with Crippen molar-refractivity contribution >= 4 is 22.6 Å². The van der Waals surface area contributed by atoms with Crippen molar-refractivity contribution in [3.05, 3.63) is 63.8 Å². The van der Waals surface area contributed by atoms with Gasteiger partial charge in [-0.15, -0.1) is 0 Å². The molecule has 0 aromatic carbocycles. The predicted molar refractivity (Wildman–Crippen MR) is 126 cm³/mol. The third-order valence-electron chi connectivity index (χ3n) is 6.05. The molecular formula is C24H27N7O2. The molecule has 9 heteroatoms. The van der Waals surface area contributed by atoms with Crippen LogP contribution in [0.25, 0.3) is 11.0 Å². The number of pyridine rings is 3. The van der Waals surface area contributed by atoms with Crippen molar-refractivity contribution in [3.63, 3.8) is 0 Å². The van der Waals surface area contributed by atoms with E-state index >= 15 is 0 Å². The van der Waals surface area contributed by atoms with Gasteiger partial charge in [0.15, 0.2) is 0 Å². The minimum Gasteiger partial charge on any atom is -0.364 e. The molecule has 9 nitrogen and oxygen atoms in total. The molecule has 1 atom stereocenters. The Labute approximate surface area is 192 Å². The van der Waals surface area contributed by atoms with Crippen LogP contribution in [0.2, 0.25) is 0 Å². The maximum absolute atomic E-state index is 12.2. The number of H-pyrrole nitrogens is 1. The molecular weight excluding hydrogens is 418 g/mol. The van der Waals surface area contributed by atoms with Gasteiger partial charge in [-0.1, -0.05) is 6.92 Å². The first-order valence-corrected chi connectivity index (χ1v) is 11.1. The number of aromatic amines is 1. The molecule has 0 radical (unpaired) electrons. The summed E-state index contributed by atoms with van der Waals surface area (Å²) in [7, 11) is 1.57. The number of aromatic nitrogens is 3. The fourth-order valence-corrected chi connectivity index (χ4v) is 4.28. The summed E-state index contributed by atoms with van der Waals surface area (Å²) in [4.78, 5) is 40.2. The summed E-state index contributed by atoms with van der Waals surface area (Å²) in [6, 6.07) is 9.72. The number of aryl methyl sites for hydroxylation is 1. The quantitative estimate of drug-likeness (QED) is 0.594. The summed E-state index contributed by atoms with van der Waals surface area (Å²) >= 11 is 0. The number of fused-ring (bicyclic) bond motifs is 1. The molecule has 33 heavy (non-hydrogen) atoms. The minimum absolute atomic E-state index is 0.0109. The third-order valence-corrected chi connectivity index (χ3v) is 6.05. The van der Waals surface area contributed by atoms with Gasteiger partial charge in [-0.25, -0.2) is 4.98 Å². The van der Waals surface area contributed by atoms with Crippen LogP contribution in [0, 0.1) is 11.3 Å². The van der Waals surface area contributed by atoms with E-state index in [1.807, 2.05) is 31.3 Å². The number of amides is 1. The Kier molecular flexibility index (Phi) is 6.66. The van der Waals surface area contributed by atoms with Gasteiger partial charge < -0.3 is 15.2 Å². The average Bonchev–Trinajstić information content (AvgIpc) is 2.83. The molecule has 0 bridgehead atoms. The Hall–Kier alpha value is -3.77. The average molecular weight is 446 g/mol. The lowest BCUT2D eigenvalue weighted by atomic mass is 10.1. The Morgan fingerprint density at radius 1 is 1.27 bits per heavy atom. The fourth-order valence-electron chi connectivity index (χ4n) is 4.28. The maximum Gasteiger partial charge on any atom is 0.269 e. The van der Waals surface area contributed by atoms with Crippen LogP contribution in [0.4, 0.5) is 5.69 Å². The Balaban J connectivity index is 1.48. The lowest BCUT2D eigenvalue weighted by Crippen LogP contribution is -2.52. The number of anilines is 1. The van der Waals surface area contributed by atoms with E-state index in [9.17, 15) is 14.9 Å². The zero-order valence-corrected chi connectivity index (χ0v) is 18.8. The van der Waals surface area contributed by atoms with E-state index in [0.717, 1.165) is 40.9 Å². The van der Waals surface area contributed by atoms with Crippen LogP contribution in [0.15, 0.2) is 41.5 Å². The van der Waals surface area contributed by atoms with E-state index in [2.05, 4.69) is 36.1 Å². The Bertz CT molecular complexity index is 1250. The van der Waals surface area contributed by atoms with Crippen LogP contribution in [0.3, 0.4) is 0 Å². The largest absolute Gasteiger partial charge is 0.364 e. The monoisotopic (exact) mass is 445 g/mol. The molecule has 0 aliphatic carbocycles. The van der Waals surface area contributed by atoms with Gasteiger partial charge in [-0.05, 0) is 36.2 Å². The predicted octanol–water partition coefficient (Wildman–Crippen LogP) is 1.84. The number of carbonyl (C=O) groups excluding carboxylic acids is 1. The number of nitrogens with one attached hydrogen (secondary N) is 2. The molecule has 170 valence electrons. The summed E-state index contributed by atoms with van der Waals surface area (Å²) in [6.45, 7) is 4.90. The van der Waals surface area contributed by atoms with Gasteiger partial charge in [-0.2, -0.15) is 5.26 Å². The topological polar surface area (TPSA) is 118 Å². The number of nitrogens with zero attached hydrogens (tertiary/aromatic N) is 5. The lowest BCUT2D eigenvalue weighted by Gasteiger charge is -2.42. The standard InChI is InChI=1S/C24H27N7O2/c1-3-17-11-21-22(29-23(17)32)10-16(12-27-21)14-30-8-9-31(19(15-30)6-7-25)18-4-5-20(28-13-18)24(33)26-2/h4-5,10-13,19H,3,6,8-9,14-15H2,1-2H3,(H,26,33)(H,29,32). The SMILES string of the molecule is CCc1cc2ncc(CN3CCN(c4ccc(C(=O)NC)nc4)C(CC#N)C3)cc2[nH]c1=O. The second-order valence-electron chi connectivity index (χ2n) is 8.18. The second-order valence-corrected chi connectivity index (χ2v) is 8.18. The second kappa shape index (κ2) is 9.79. The molecule has 1 unspecified atom stereocenters. The van der Waals surface area contributed by atoms with E-state index in [1.165, 1.54) is 0 Å². The van der Waals surface area contributed by atoms with Crippen LogP contribution in [-0.4, -0.2) is 58.5 Å². The summed E-state index contributed by atoms with van der Waals surface area (Å²) in [6.07, 6.45) is 4.60. The van der Waals surface area contributed by atoms with Crippen molar-refractivity contribution in [3.8, 4) is 6.07 Å². The number of nitriles is 1. The summed E-state index contributed by atoms with van der Waals surface area (Å²) in [5.41, 5.74) is 4.48. The molecule has 2 N–H and O–H groups in total.